The van der Waals surface area contributed by atoms with Gasteiger partial charge in [-0.25, -0.2) is 4.39 Å². The molecular formula is C21H20FN5O4. The van der Waals surface area contributed by atoms with Crippen molar-refractivity contribution in [2.75, 3.05) is 36.5 Å². The molecule has 2 N–H and O–H groups in total. The van der Waals surface area contributed by atoms with E-state index in [0.29, 0.717) is 45.1 Å². The maximum absolute atomic E-state index is 14.5. The van der Waals surface area contributed by atoms with Gasteiger partial charge in [-0.05, 0) is 11.6 Å². The molecule has 1 aromatic heterocycles. The molecule has 3 aliphatic rings. The lowest BCUT2D eigenvalue weighted by atomic mass is 9.79. The van der Waals surface area contributed by atoms with Gasteiger partial charge in [0, 0.05) is 31.8 Å². The summed E-state index contributed by atoms with van der Waals surface area (Å²) in [4.78, 5) is 34.8. The summed E-state index contributed by atoms with van der Waals surface area (Å²) in [6.45, 7) is 2.23. The average molecular weight is 425 g/mol. The number of aromatic nitrogens is 2. The molecule has 1 amide bonds. The van der Waals surface area contributed by atoms with Crippen LogP contribution in [0.15, 0.2) is 29.1 Å². The van der Waals surface area contributed by atoms with E-state index >= 15 is 0 Å². The van der Waals surface area contributed by atoms with Gasteiger partial charge in [-0.15, -0.1) is 0 Å². The second-order valence-electron chi connectivity index (χ2n) is 7.84. The molecule has 0 aliphatic carbocycles. The summed E-state index contributed by atoms with van der Waals surface area (Å²) >= 11 is 0. The highest BCUT2D eigenvalue weighted by atomic mass is 19.1. The van der Waals surface area contributed by atoms with E-state index in [2.05, 4.69) is 15.3 Å². The van der Waals surface area contributed by atoms with Crippen LogP contribution < -0.4 is 15.8 Å². The van der Waals surface area contributed by atoms with Crippen molar-refractivity contribution in [3.63, 3.8) is 0 Å². The zero-order chi connectivity index (χ0) is 21.6. The van der Waals surface area contributed by atoms with Crippen LogP contribution in [0.1, 0.15) is 29.9 Å². The third-order valence-corrected chi connectivity index (χ3v) is 6.13. The Balaban J connectivity index is 1.52. The van der Waals surface area contributed by atoms with Gasteiger partial charge in [-0.2, -0.15) is 10.2 Å². The van der Waals surface area contributed by atoms with Crippen LogP contribution in [0, 0.1) is 23.1 Å². The number of aromatic amines is 1. The van der Waals surface area contributed by atoms with E-state index in [0.717, 1.165) is 0 Å². The summed E-state index contributed by atoms with van der Waals surface area (Å²) in [6.07, 6.45) is 1.24. The van der Waals surface area contributed by atoms with Gasteiger partial charge in [0.25, 0.3) is 5.56 Å². The number of piperidine rings is 1. The van der Waals surface area contributed by atoms with E-state index in [1.54, 1.807) is 6.07 Å². The number of halogens is 1. The van der Waals surface area contributed by atoms with Crippen molar-refractivity contribution in [2.24, 2.45) is 5.92 Å². The number of carbonyl (C=O) groups excluding carboxylic acids is 1. The molecule has 0 saturated carbocycles. The summed E-state index contributed by atoms with van der Waals surface area (Å²) in [5.74, 6) is -3.71. The van der Waals surface area contributed by atoms with Crippen molar-refractivity contribution in [2.45, 2.75) is 24.5 Å². The molecule has 2 unspecified atom stereocenters. The standard InChI is InChI=1S/C21H20FN5O4/c22-14-4-2-1-3-12(14)15-13(11-23)18(28)24-17-16(15)19(29)26-20(25-17)27-7-5-21(6-8-27)30-9-10-31-21/h1-4,13,15H,5-10H2,(H2,24,25,26,28,29). The first-order valence-electron chi connectivity index (χ1n) is 10.1. The normalized spacial score (nSPS) is 24.5. The molecule has 31 heavy (non-hydrogen) atoms. The largest absolute Gasteiger partial charge is 0.347 e. The van der Waals surface area contributed by atoms with Crippen LogP contribution in [-0.4, -0.2) is 48.0 Å². The summed E-state index contributed by atoms with van der Waals surface area (Å²) < 4.78 is 26.0. The molecule has 160 valence electrons. The van der Waals surface area contributed by atoms with E-state index in [1.807, 2.05) is 11.0 Å². The van der Waals surface area contributed by atoms with Crippen molar-refractivity contribution in [3.8, 4) is 6.07 Å². The number of carbonyl (C=O) groups is 1. The van der Waals surface area contributed by atoms with Gasteiger partial charge >= 0.3 is 0 Å². The van der Waals surface area contributed by atoms with Crippen LogP contribution in [0.4, 0.5) is 16.2 Å². The van der Waals surface area contributed by atoms with Gasteiger partial charge in [0.15, 0.2) is 5.79 Å². The van der Waals surface area contributed by atoms with E-state index in [-0.39, 0.29) is 16.9 Å². The molecule has 2 aromatic rings. The van der Waals surface area contributed by atoms with Crippen LogP contribution >= 0.6 is 0 Å². The van der Waals surface area contributed by atoms with Crippen LogP contribution in [-0.2, 0) is 14.3 Å². The Hall–Kier alpha value is -3.29. The number of H-pyrrole nitrogens is 1. The molecule has 2 fully saturated rings. The van der Waals surface area contributed by atoms with E-state index in [4.69, 9.17) is 9.47 Å². The number of ether oxygens (including phenoxy) is 2. The van der Waals surface area contributed by atoms with Crippen LogP contribution in [0.3, 0.4) is 0 Å². The Bertz CT molecular complexity index is 1130. The highest BCUT2D eigenvalue weighted by Gasteiger charge is 2.43. The lowest BCUT2D eigenvalue weighted by Gasteiger charge is -2.38. The van der Waals surface area contributed by atoms with Crippen molar-refractivity contribution < 1.29 is 18.7 Å². The van der Waals surface area contributed by atoms with E-state index < -0.39 is 34.9 Å². The quantitative estimate of drug-likeness (QED) is 0.748. The molecule has 1 aromatic carbocycles. The molecule has 5 rings (SSSR count). The fraction of sp³-hybridized carbons (Fsp3) is 0.429. The Kier molecular flexibility index (Phi) is 4.72. The predicted molar refractivity (Wildman–Crippen MR) is 107 cm³/mol. The second-order valence-corrected chi connectivity index (χ2v) is 7.84. The Morgan fingerprint density at radius 2 is 1.90 bits per heavy atom. The van der Waals surface area contributed by atoms with Gasteiger partial charge in [0.05, 0.1) is 24.8 Å². The van der Waals surface area contributed by atoms with Crippen molar-refractivity contribution >= 4 is 17.7 Å². The summed E-state index contributed by atoms with van der Waals surface area (Å²) in [7, 11) is 0. The first kappa shape index (κ1) is 19.7. The number of nitriles is 1. The number of benzene rings is 1. The van der Waals surface area contributed by atoms with Crippen molar-refractivity contribution in [3.05, 3.63) is 51.6 Å². The molecule has 3 aliphatic heterocycles. The summed E-state index contributed by atoms with van der Waals surface area (Å²) in [5.41, 5.74) is -0.321. The third kappa shape index (κ3) is 3.26. The van der Waals surface area contributed by atoms with Gasteiger partial charge in [0.1, 0.15) is 17.6 Å². The minimum atomic E-state index is -1.25. The maximum Gasteiger partial charge on any atom is 0.258 e. The topological polar surface area (TPSA) is 120 Å². The second kappa shape index (κ2) is 7.44. The fourth-order valence-corrected chi connectivity index (χ4v) is 4.56. The van der Waals surface area contributed by atoms with Gasteiger partial charge in [0.2, 0.25) is 11.9 Å². The number of rotatable bonds is 2. The monoisotopic (exact) mass is 425 g/mol. The van der Waals surface area contributed by atoms with Crippen molar-refractivity contribution in [1.82, 2.24) is 9.97 Å². The zero-order valence-electron chi connectivity index (χ0n) is 16.6. The highest BCUT2D eigenvalue weighted by molar-refractivity contribution is 5.98. The summed E-state index contributed by atoms with van der Waals surface area (Å²) in [5, 5.41) is 12.1. The van der Waals surface area contributed by atoms with Gasteiger partial charge in [-0.1, -0.05) is 18.2 Å². The molecule has 1 spiro atoms. The number of nitrogens with zero attached hydrogens (tertiary/aromatic N) is 3. The molecular weight excluding hydrogens is 405 g/mol. The smallest absolute Gasteiger partial charge is 0.258 e. The first-order valence-corrected chi connectivity index (χ1v) is 10.1. The minimum Gasteiger partial charge on any atom is -0.347 e. The Morgan fingerprint density at radius 1 is 1.19 bits per heavy atom. The Morgan fingerprint density at radius 3 is 2.58 bits per heavy atom. The van der Waals surface area contributed by atoms with Crippen LogP contribution in [0.5, 0.6) is 0 Å². The highest BCUT2D eigenvalue weighted by Crippen LogP contribution is 2.39. The number of amides is 1. The molecule has 2 atom stereocenters. The fourth-order valence-electron chi connectivity index (χ4n) is 4.56. The van der Waals surface area contributed by atoms with E-state index in [9.17, 15) is 19.2 Å². The first-order chi connectivity index (χ1) is 15.0. The SMILES string of the molecule is N#CC1C(=O)Nc2nc(N3CCC4(CC3)OCCO4)[nH]c(=O)c2C1c1ccccc1F. The maximum atomic E-state index is 14.5. The number of anilines is 2. The zero-order valence-corrected chi connectivity index (χ0v) is 16.6. The predicted octanol–water partition coefficient (Wildman–Crippen LogP) is 1.48. The summed E-state index contributed by atoms with van der Waals surface area (Å²) in [6, 6.07) is 7.74. The molecule has 2 saturated heterocycles. The van der Waals surface area contributed by atoms with Crippen molar-refractivity contribution in [1.29, 1.82) is 5.26 Å². The number of hydrogen-bond donors (Lipinski definition) is 2. The number of fused-ring (bicyclic) bond motifs is 1. The van der Waals surface area contributed by atoms with Crippen LogP contribution in [0.2, 0.25) is 0 Å². The number of hydrogen-bond acceptors (Lipinski definition) is 7. The minimum absolute atomic E-state index is 0.0529. The lowest BCUT2D eigenvalue weighted by Crippen LogP contribution is -2.46. The average Bonchev–Trinajstić information content (AvgIpc) is 3.21. The molecule has 0 bridgehead atoms. The molecule has 0 radical (unpaired) electrons. The van der Waals surface area contributed by atoms with Crippen LogP contribution in [0.25, 0.3) is 0 Å². The third-order valence-electron chi connectivity index (χ3n) is 6.13. The molecule has 9 nitrogen and oxygen atoms in total. The Labute approximate surface area is 176 Å². The van der Waals surface area contributed by atoms with E-state index in [1.165, 1.54) is 18.2 Å². The lowest BCUT2D eigenvalue weighted by molar-refractivity contribution is -0.169. The van der Waals surface area contributed by atoms with Gasteiger partial charge in [-0.3, -0.25) is 14.6 Å². The number of nitrogens with one attached hydrogen (secondary N) is 2. The van der Waals surface area contributed by atoms with Gasteiger partial charge < -0.3 is 19.7 Å². The molecule has 10 heteroatoms. The molecule has 4 heterocycles.